The largest absolute Gasteiger partial charge is 0.0995 e. The van der Waals surface area contributed by atoms with Gasteiger partial charge in [0.25, 0.3) is 0 Å². The van der Waals surface area contributed by atoms with Crippen molar-refractivity contribution in [3.05, 3.63) is 24.3 Å². The van der Waals surface area contributed by atoms with Crippen LogP contribution in [0.5, 0.6) is 0 Å². The van der Waals surface area contributed by atoms with Crippen molar-refractivity contribution >= 4 is 0 Å². The molecule has 13 heavy (non-hydrogen) atoms. The lowest BCUT2D eigenvalue weighted by Crippen LogP contribution is -1.82. The van der Waals surface area contributed by atoms with Crippen molar-refractivity contribution in [1.29, 1.82) is 0 Å². The minimum absolute atomic E-state index is 1.07. The Morgan fingerprint density at radius 3 is 2.46 bits per heavy atom. The molecular weight excluding hydrogens is 156 g/mol. The molecule has 0 aliphatic rings. The quantitative estimate of drug-likeness (QED) is 0.369. The zero-order valence-electron chi connectivity index (χ0n) is 9.31. The molecule has 0 aliphatic carbocycles. The van der Waals surface area contributed by atoms with E-state index in [2.05, 4.69) is 32.6 Å². The zero-order valence-corrected chi connectivity index (χ0v) is 9.31. The van der Waals surface area contributed by atoms with E-state index >= 15 is 0 Å². The zero-order chi connectivity index (χ0) is 9.94. The highest BCUT2D eigenvalue weighted by atomic mass is 14.0. The Morgan fingerprint density at radius 2 is 1.85 bits per heavy atom. The van der Waals surface area contributed by atoms with Crippen LogP contribution in [0.25, 0.3) is 0 Å². The highest BCUT2D eigenvalue weighted by Gasteiger charge is 1.92. The van der Waals surface area contributed by atoms with Crippen molar-refractivity contribution in [2.45, 2.75) is 58.8 Å². The van der Waals surface area contributed by atoms with Gasteiger partial charge in [0.15, 0.2) is 0 Å². The maximum absolute atomic E-state index is 4.06. The normalized spacial score (nSPS) is 10.9. The van der Waals surface area contributed by atoms with Crippen LogP contribution in [-0.2, 0) is 0 Å². The molecule has 0 fully saturated rings. The first kappa shape index (κ1) is 12.5. The average Bonchev–Trinajstić information content (AvgIpc) is 2.14. The summed E-state index contributed by atoms with van der Waals surface area (Å²) in [4.78, 5) is 0. The molecule has 0 heterocycles. The Labute approximate surface area is 83.7 Å². The van der Waals surface area contributed by atoms with Crippen molar-refractivity contribution in [2.24, 2.45) is 0 Å². The van der Waals surface area contributed by atoms with Gasteiger partial charge < -0.3 is 0 Å². The summed E-state index contributed by atoms with van der Waals surface area (Å²) < 4.78 is 0. The van der Waals surface area contributed by atoms with Gasteiger partial charge in [0.2, 0.25) is 0 Å². The molecule has 0 nitrogen and oxygen atoms in total. The van der Waals surface area contributed by atoms with Crippen LogP contribution in [0.2, 0.25) is 0 Å². The van der Waals surface area contributed by atoms with Crippen LogP contribution in [0.15, 0.2) is 24.3 Å². The Kier molecular flexibility index (Phi) is 9.18. The van der Waals surface area contributed by atoms with Crippen LogP contribution in [0.1, 0.15) is 58.8 Å². The summed E-state index contributed by atoms with van der Waals surface area (Å²) in [5.41, 5.74) is 1.38. The summed E-state index contributed by atoms with van der Waals surface area (Å²) in [6.45, 7) is 8.38. The monoisotopic (exact) mass is 180 g/mol. The third kappa shape index (κ3) is 9.39. The second-order valence-corrected chi connectivity index (χ2v) is 3.69. The number of unbranched alkanes of at least 4 members (excludes halogenated alkanes) is 4. The van der Waals surface area contributed by atoms with Gasteiger partial charge in [-0.2, -0.15) is 0 Å². The SMILES string of the molecule is C=C(C/C=C/C)CCCCCCC. The van der Waals surface area contributed by atoms with E-state index in [-0.39, 0.29) is 0 Å². The molecule has 0 aromatic rings. The van der Waals surface area contributed by atoms with Gasteiger partial charge in [-0.3, -0.25) is 0 Å². The van der Waals surface area contributed by atoms with Gasteiger partial charge in [0.05, 0.1) is 0 Å². The molecule has 0 aromatic carbocycles. The lowest BCUT2D eigenvalue weighted by molar-refractivity contribution is 0.628. The molecule has 0 aliphatic heterocycles. The predicted octanol–water partition coefficient (Wildman–Crippen LogP) is 4.87. The topological polar surface area (TPSA) is 0 Å². The first-order valence-electron chi connectivity index (χ1n) is 5.59. The van der Waals surface area contributed by atoms with Gasteiger partial charge >= 0.3 is 0 Å². The fourth-order valence-electron chi connectivity index (χ4n) is 1.37. The van der Waals surface area contributed by atoms with E-state index in [4.69, 9.17) is 0 Å². The van der Waals surface area contributed by atoms with E-state index in [0.29, 0.717) is 0 Å². The molecule has 0 N–H and O–H groups in total. The van der Waals surface area contributed by atoms with Crippen LogP contribution in [0, 0.1) is 0 Å². The highest BCUT2D eigenvalue weighted by molar-refractivity contribution is 5.01. The van der Waals surface area contributed by atoms with Crippen LogP contribution in [0.4, 0.5) is 0 Å². The molecule has 0 atom stereocenters. The second-order valence-electron chi connectivity index (χ2n) is 3.69. The summed E-state index contributed by atoms with van der Waals surface area (Å²) in [7, 11) is 0. The smallest absolute Gasteiger partial charge is 0.0142 e. The van der Waals surface area contributed by atoms with Crippen LogP contribution < -0.4 is 0 Å². The maximum atomic E-state index is 4.06. The number of hydrogen-bond donors (Lipinski definition) is 0. The summed E-state index contributed by atoms with van der Waals surface area (Å²) in [6.07, 6.45) is 13.4. The number of rotatable bonds is 8. The van der Waals surface area contributed by atoms with Crippen LogP contribution in [-0.4, -0.2) is 0 Å². The molecule has 0 unspecified atom stereocenters. The third-order valence-corrected chi connectivity index (χ3v) is 2.28. The minimum atomic E-state index is 1.07. The molecule has 0 amide bonds. The molecule has 0 saturated carbocycles. The van der Waals surface area contributed by atoms with Gasteiger partial charge in [-0.15, -0.1) is 0 Å². The van der Waals surface area contributed by atoms with Crippen molar-refractivity contribution in [3.63, 3.8) is 0 Å². The van der Waals surface area contributed by atoms with E-state index in [1.54, 1.807) is 0 Å². The second kappa shape index (κ2) is 9.57. The lowest BCUT2D eigenvalue weighted by Gasteiger charge is -2.02. The molecule has 0 spiro atoms. The van der Waals surface area contributed by atoms with Gasteiger partial charge in [-0.25, -0.2) is 0 Å². The average molecular weight is 180 g/mol. The van der Waals surface area contributed by atoms with Gasteiger partial charge in [-0.05, 0) is 26.2 Å². The van der Waals surface area contributed by atoms with E-state index < -0.39 is 0 Å². The Bertz CT molecular complexity index is 142. The Hall–Kier alpha value is -0.520. The summed E-state index contributed by atoms with van der Waals surface area (Å²) in [5, 5.41) is 0. The number of hydrogen-bond acceptors (Lipinski definition) is 0. The molecule has 76 valence electrons. The lowest BCUT2D eigenvalue weighted by atomic mass is 10.0. The van der Waals surface area contributed by atoms with E-state index in [9.17, 15) is 0 Å². The fraction of sp³-hybridized carbons (Fsp3) is 0.692. The summed E-state index contributed by atoms with van der Waals surface area (Å²) in [6, 6.07) is 0. The van der Waals surface area contributed by atoms with E-state index in [0.717, 1.165) is 6.42 Å². The standard InChI is InChI=1S/C13H24/c1-4-6-8-9-10-12-13(3)11-7-5-2/h5,7H,3-4,6,8-12H2,1-2H3/b7-5+. The molecule has 0 bridgehead atoms. The minimum Gasteiger partial charge on any atom is -0.0995 e. The van der Waals surface area contributed by atoms with E-state index in [1.807, 2.05) is 0 Å². The van der Waals surface area contributed by atoms with Gasteiger partial charge in [0, 0.05) is 0 Å². The van der Waals surface area contributed by atoms with Gasteiger partial charge in [0.1, 0.15) is 0 Å². The third-order valence-electron chi connectivity index (χ3n) is 2.28. The molecule has 0 saturated heterocycles. The van der Waals surface area contributed by atoms with Crippen molar-refractivity contribution < 1.29 is 0 Å². The molecule has 0 radical (unpaired) electrons. The molecule has 0 rings (SSSR count). The van der Waals surface area contributed by atoms with Crippen molar-refractivity contribution in [1.82, 2.24) is 0 Å². The summed E-state index contributed by atoms with van der Waals surface area (Å²) in [5.74, 6) is 0. The Balaban J connectivity index is 3.17. The maximum Gasteiger partial charge on any atom is -0.0142 e. The first-order chi connectivity index (χ1) is 6.31. The molecule has 0 aromatic heterocycles. The number of allylic oxidation sites excluding steroid dienone is 3. The van der Waals surface area contributed by atoms with Crippen LogP contribution >= 0.6 is 0 Å². The van der Waals surface area contributed by atoms with Crippen LogP contribution in [0.3, 0.4) is 0 Å². The van der Waals surface area contributed by atoms with Crippen molar-refractivity contribution in [2.75, 3.05) is 0 Å². The van der Waals surface area contributed by atoms with Gasteiger partial charge in [-0.1, -0.05) is 56.9 Å². The highest BCUT2D eigenvalue weighted by Crippen LogP contribution is 2.12. The summed E-state index contributed by atoms with van der Waals surface area (Å²) >= 11 is 0. The molecular formula is C13H24. The molecule has 0 heteroatoms. The Morgan fingerprint density at radius 1 is 1.15 bits per heavy atom. The first-order valence-corrected chi connectivity index (χ1v) is 5.59. The van der Waals surface area contributed by atoms with Crippen molar-refractivity contribution in [3.8, 4) is 0 Å². The fourth-order valence-corrected chi connectivity index (χ4v) is 1.37. The predicted molar refractivity (Wildman–Crippen MR) is 61.9 cm³/mol. The van der Waals surface area contributed by atoms with E-state index in [1.165, 1.54) is 44.1 Å².